The number of nitrogens with two attached hydrogens (primary N) is 1. The van der Waals surface area contributed by atoms with E-state index in [1.165, 1.54) is 0 Å². The topological polar surface area (TPSA) is 52.3 Å². The first-order valence-corrected chi connectivity index (χ1v) is 4.59. The van der Waals surface area contributed by atoms with Gasteiger partial charge in [0.15, 0.2) is 0 Å². The van der Waals surface area contributed by atoms with E-state index >= 15 is 0 Å². The second-order valence-electron chi connectivity index (χ2n) is 3.09. The second kappa shape index (κ2) is 6.26. The summed E-state index contributed by atoms with van der Waals surface area (Å²) in [5.74, 6) is 0.369. The lowest BCUT2D eigenvalue weighted by Gasteiger charge is -2.12. The second-order valence-corrected chi connectivity index (χ2v) is 3.47. The van der Waals surface area contributed by atoms with Gasteiger partial charge in [-0.05, 0) is 12.3 Å². The number of halogens is 1. The normalized spacial score (nSPS) is 13.1. The van der Waals surface area contributed by atoms with Crippen molar-refractivity contribution in [2.75, 3.05) is 12.5 Å². The van der Waals surface area contributed by atoms with Crippen LogP contribution >= 0.6 is 11.6 Å². The summed E-state index contributed by atoms with van der Waals surface area (Å²) < 4.78 is 4.76. The van der Waals surface area contributed by atoms with E-state index in [0.29, 0.717) is 18.2 Å². The molecule has 0 aliphatic carbocycles. The Morgan fingerprint density at radius 1 is 1.58 bits per heavy atom. The van der Waals surface area contributed by atoms with E-state index in [2.05, 4.69) is 0 Å². The third-order valence-electron chi connectivity index (χ3n) is 1.35. The van der Waals surface area contributed by atoms with E-state index in [9.17, 15) is 4.79 Å². The van der Waals surface area contributed by atoms with Crippen LogP contribution in [0.4, 0.5) is 0 Å². The van der Waals surface area contributed by atoms with Crippen LogP contribution in [0.25, 0.3) is 0 Å². The van der Waals surface area contributed by atoms with E-state index < -0.39 is 6.04 Å². The molecule has 0 radical (unpaired) electrons. The summed E-state index contributed by atoms with van der Waals surface area (Å²) in [5.41, 5.74) is 5.54. The molecule has 0 aliphatic heterocycles. The highest BCUT2D eigenvalue weighted by molar-refractivity contribution is 6.18. The monoisotopic (exact) mass is 193 g/mol. The SMILES string of the molecule is CC(C)C[C@H](N)C(=O)OCCCl. The summed E-state index contributed by atoms with van der Waals surface area (Å²) in [6.45, 7) is 4.26. The molecule has 0 aromatic rings. The molecule has 0 aromatic carbocycles. The molecule has 4 heteroatoms. The smallest absolute Gasteiger partial charge is 0.322 e. The molecule has 0 spiro atoms. The van der Waals surface area contributed by atoms with Crippen molar-refractivity contribution < 1.29 is 9.53 Å². The maximum atomic E-state index is 11.0. The lowest BCUT2D eigenvalue weighted by Crippen LogP contribution is -2.33. The molecule has 0 heterocycles. The van der Waals surface area contributed by atoms with Crippen molar-refractivity contribution in [2.24, 2.45) is 11.7 Å². The molecule has 0 unspecified atom stereocenters. The number of rotatable bonds is 5. The summed E-state index contributed by atoms with van der Waals surface area (Å²) in [6.07, 6.45) is 0.654. The Balaban J connectivity index is 3.61. The molecule has 0 aromatic heterocycles. The van der Waals surface area contributed by atoms with Gasteiger partial charge in [-0.25, -0.2) is 0 Å². The summed E-state index contributed by atoms with van der Waals surface area (Å²) in [6, 6.07) is -0.506. The number of carbonyl (C=O) groups is 1. The molecule has 3 nitrogen and oxygen atoms in total. The van der Waals surface area contributed by atoms with Crippen LogP contribution in [0.2, 0.25) is 0 Å². The molecular weight excluding hydrogens is 178 g/mol. The van der Waals surface area contributed by atoms with Crippen molar-refractivity contribution in [3.8, 4) is 0 Å². The minimum absolute atomic E-state index is 0.242. The molecule has 12 heavy (non-hydrogen) atoms. The van der Waals surface area contributed by atoms with Crippen molar-refractivity contribution in [1.82, 2.24) is 0 Å². The van der Waals surface area contributed by atoms with Crippen LogP contribution in [0.15, 0.2) is 0 Å². The lowest BCUT2D eigenvalue weighted by atomic mass is 10.1. The fraction of sp³-hybridized carbons (Fsp3) is 0.875. The highest BCUT2D eigenvalue weighted by Gasteiger charge is 2.15. The fourth-order valence-corrected chi connectivity index (χ4v) is 0.927. The molecule has 0 amide bonds. The van der Waals surface area contributed by atoms with Gasteiger partial charge in [0, 0.05) is 0 Å². The molecule has 0 saturated carbocycles. The highest BCUT2D eigenvalue weighted by Crippen LogP contribution is 2.03. The van der Waals surface area contributed by atoms with E-state index in [1.54, 1.807) is 0 Å². The molecule has 1 atom stereocenters. The van der Waals surface area contributed by atoms with Crippen molar-refractivity contribution in [3.05, 3.63) is 0 Å². The molecule has 0 fully saturated rings. The number of hydrogen-bond donors (Lipinski definition) is 1. The number of hydrogen-bond acceptors (Lipinski definition) is 3. The maximum absolute atomic E-state index is 11.0. The minimum atomic E-state index is -0.506. The third-order valence-corrected chi connectivity index (χ3v) is 1.50. The van der Waals surface area contributed by atoms with Gasteiger partial charge in [-0.3, -0.25) is 4.79 Å². The van der Waals surface area contributed by atoms with E-state index in [-0.39, 0.29) is 12.6 Å². The molecule has 0 saturated heterocycles. The van der Waals surface area contributed by atoms with Crippen molar-refractivity contribution in [2.45, 2.75) is 26.3 Å². The molecule has 0 aliphatic rings. The van der Waals surface area contributed by atoms with Crippen molar-refractivity contribution in [3.63, 3.8) is 0 Å². The van der Waals surface area contributed by atoms with Gasteiger partial charge in [0.25, 0.3) is 0 Å². The zero-order valence-corrected chi connectivity index (χ0v) is 8.30. The number of esters is 1. The molecule has 0 rings (SSSR count). The van der Waals surface area contributed by atoms with Gasteiger partial charge in [0.1, 0.15) is 12.6 Å². The Bertz CT molecular complexity index is 139. The van der Waals surface area contributed by atoms with Gasteiger partial charge in [0.05, 0.1) is 5.88 Å². The first kappa shape index (κ1) is 11.7. The van der Waals surface area contributed by atoms with Crippen LogP contribution in [0.5, 0.6) is 0 Å². The quantitative estimate of drug-likeness (QED) is 0.526. The van der Waals surface area contributed by atoms with Crippen molar-refractivity contribution >= 4 is 17.6 Å². The van der Waals surface area contributed by atoms with Crippen LogP contribution in [-0.4, -0.2) is 24.5 Å². The van der Waals surface area contributed by atoms with E-state index in [4.69, 9.17) is 22.1 Å². The Morgan fingerprint density at radius 2 is 2.17 bits per heavy atom. The van der Waals surface area contributed by atoms with Gasteiger partial charge in [-0.1, -0.05) is 13.8 Å². The minimum Gasteiger partial charge on any atom is -0.463 e. The molecule has 72 valence electrons. The van der Waals surface area contributed by atoms with Crippen LogP contribution in [0.3, 0.4) is 0 Å². The third kappa shape index (κ3) is 5.38. The number of carbonyl (C=O) groups excluding carboxylic acids is 1. The predicted molar refractivity (Wildman–Crippen MR) is 49.1 cm³/mol. The predicted octanol–water partition coefficient (Wildman–Crippen LogP) is 1.14. The Hall–Kier alpha value is -0.280. The summed E-state index contributed by atoms with van der Waals surface area (Å²) >= 11 is 5.34. The van der Waals surface area contributed by atoms with Crippen LogP contribution in [-0.2, 0) is 9.53 Å². The Labute approximate surface area is 78.2 Å². The molecule has 2 N–H and O–H groups in total. The Kier molecular flexibility index (Phi) is 6.11. The van der Waals surface area contributed by atoms with Gasteiger partial charge >= 0.3 is 5.97 Å². The van der Waals surface area contributed by atoms with Crippen LogP contribution in [0.1, 0.15) is 20.3 Å². The van der Waals surface area contributed by atoms with Gasteiger partial charge in [-0.2, -0.15) is 0 Å². The average molecular weight is 194 g/mol. The Morgan fingerprint density at radius 3 is 2.58 bits per heavy atom. The van der Waals surface area contributed by atoms with Crippen LogP contribution < -0.4 is 5.73 Å². The zero-order valence-electron chi connectivity index (χ0n) is 7.55. The van der Waals surface area contributed by atoms with Crippen LogP contribution in [0, 0.1) is 5.92 Å². The number of alkyl halides is 1. The van der Waals surface area contributed by atoms with Gasteiger partial charge in [0.2, 0.25) is 0 Å². The largest absolute Gasteiger partial charge is 0.463 e. The summed E-state index contributed by atoms with van der Waals surface area (Å²) in [7, 11) is 0. The van der Waals surface area contributed by atoms with Gasteiger partial charge < -0.3 is 10.5 Å². The number of ether oxygens (including phenoxy) is 1. The first-order chi connectivity index (χ1) is 5.57. The highest BCUT2D eigenvalue weighted by atomic mass is 35.5. The standard InChI is InChI=1S/C8H16ClNO2/c1-6(2)5-7(10)8(11)12-4-3-9/h6-7H,3-5,10H2,1-2H3/t7-/m0/s1. The van der Waals surface area contributed by atoms with E-state index in [1.807, 2.05) is 13.8 Å². The summed E-state index contributed by atoms with van der Waals surface area (Å²) in [5, 5.41) is 0. The van der Waals surface area contributed by atoms with E-state index in [0.717, 1.165) is 0 Å². The fourth-order valence-electron chi connectivity index (χ4n) is 0.850. The first-order valence-electron chi connectivity index (χ1n) is 4.06. The molecular formula is C8H16ClNO2. The van der Waals surface area contributed by atoms with Gasteiger partial charge in [-0.15, -0.1) is 11.6 Å². The summed E-state index contributed by atoms with van der Waals surface area (Å²) in [4.78, 5) is 11.0. The maximum Gasteiger partial charge on any atom is 0.322 e. The lowest BCUT2D eigenvalue weighted by molar-refractivity contribution is -0.144. The molecule has 0 bridgehead atoms. The van der Waals surface area contributed by atoms with Crippen molar-refractivity contribution in [1.29, 1.82) is 0 Å². The zero-order chi connectivity index (χ0) is 9.56. The average Bonchev–Trinajstić information content (AvgIpc) is 1.98.